The minimum atomic E-state index is -1.03. The fourth-order valence-corrected chi connectivity index (χ4v) is 1.20. The number of rotatable bonds is 3. The predicted molar refractivity (Wildman–Crippen MR) is 67.8 cm³/mol. The van der Waals surface area contributed by atoms with E-state index in [4.69, 9.17) is 11.6 Å². The summed E-state index contributed by atoms with van der Waals surface area (Å²) in [4.78, 5) is 37.7. The third-order valence-electron chi connectivity index (χ3n) is 1.62. The maximum atomic E-state index is 10.4. The number of halogens is 1. The lowest BCUT2D eigenvalue weighted by Gasteiger charge is -1.97. The van der Waals surface area contributed by atoms with Crippen molar-refractivity contribution in [1.29, 1.82) is 0 Å². The zero-order chi connectivity index (χ0) is 16.0. The van der Waals surface area contributed by atoms with E-state index in [1.807, 2.05) is 0 Å². The van der Waals surface area contributed by atoms with Gasteiger partial charge in [0.15, 0.2) is 5.02 Å². The van der Waals surface area contributed by atoms with Gasteiger partial charge in [-0.05, 0) is 13.8 Å². The molecule has 0 aromatic heterocycles. The van der Waals surface area contributed by atoms with Crippen molar-refractivity contribution in [3.63, 3.8) is 0 Å². The van der Waals surface area contributed by atoms with Gasteiger partial charge in [0.1, 0.15) is 5.78 Å². The number of benzene rings is 1. The van der Waals surface area contributed by atoms with Gasteiger partial charge in [-0.15, -0.1) is 0 Å². The number of hydrogen-bond donors (Lipinski definition) is 0. The highest BCUT2D eigenvalue weighted by atomic mass is 35.5. The van der Waals surface area contributed by atoms with Crippen LogP contribution in [0, 0.1) is 30.3 Å². The van der Waals surface area contributed by atoms with Gasteiger partial charge in [0.05, 0.1) is 26.9 Å². The zero-order valence-corrected chi connectivity index (χ0v) is 11.0. The first kappa shape index (κ1) is 17.4. The Morgan fingerprint density at radius 1 is 0.950 bits per heavy atom. The summed E-state index contributed by atoms with van der Waals surface area (Å²) >= 11 is 5.37. The van der Waals surface area contributed by atoms with Gasteiger partial charge in [0, 0.05) is 0 Å². The molecule has 0 fully saturated rings. The molecular weight excluding hydrogens is 298 g/mol. The number of nitro benzene ring substituents is 3. The van der Waals surface area contributed by atoms with Crippen LogP contribution in [0.15, 0.2) is 12.1 Å². The predicted octanol–water partition coefficient (Wildman–Crippen LogP) is 2.66. The van der Waals surface area contributed by atoms with Gasteiger partial charge in [-0.3, -0.25) is 30.3 Å². The molecule has 11 heteroatoms. The molecule has 0 spiro atoms. The summed E-state index contributed by atoms with van der Waals surface area (Å²) in [5, 5.41) is 30.5. The maximum absolute atomic E-state index is 10.4. The van der Waals surface area contributed by atoms with Gasteiger partial charge in [0.2, 0.25) is 0 Å². The number of nitrogens with zero attached hydrogens (tertiary/aromatic N) is 3. The van der Waals surface area contributed by atoms with Gasteiger partial charge >= 0.3 is 11.4 Å². The lowest BCUT2D eigenvalue weighted by atomic mass is 10.2. The van der Waals surface area contributed by atoms with Crippen molar-refractivity contribution >= 4 is 34.4 Å². The average molecular weight is 306 g/mol. The van der Waals surface area contributed by atoms with E-state index in [1.54, 1.807) is 0 Å². The van der Waals surface area contributed by atoms with E-state index < -0.39 is 36.9 Å². The Balaban J connectivity index is 0.000000796. The topological polar surface area (TPSA) is 146 Å². The summed E-state index contributed by atoms with van der Waals surface area (Å²) in [5.41, 5.74) is -2.51. The summed E-state index contributed by atoms with van der Waals surface area (Å²) in [6.07, 6.45) is 0. The number of non-ortho nitro benzene ring substituents is 1. The molecule has 1 rings (SSSR count). The Hall–Kier alpha value is -2.62. The standard InChI is InChI=1S/C6H2ClN3O6.C3H6O/c7-6-4(9(13)14)1-3(8(11)12)2-5(6)10(15)16;1-3(2)4/h1-2H;1-2H3. The lowest BCUT2D eigenvalue weighted by molar-refractivity contribution is -0.403. The third kappa shape index (κ3) is 4.94. The summed E-state index contributed by atoms with van der Waals surface area (Å²) in [7, 11) is 0. The van der Waals surface area contributed by atoms with Crippen LogP contribution in [0.2, 0.25) is 5.02 Å². The van der Waals surface area contributed by atoms with E-state index in [-0.39, 0.29) is 5.78 Å². The number of hydrogen-bond acceptors (Lipinski definition) is 7. The van der Waals surface area contributed by atoms with Crippen LogP contribution in [-0.2, 0) is 4.79 Å². The van der Waals surface area contributed by atoms with Crippen LogP contribution in [0.4, 0.5) is 17.1 Å². The van der Waals surface area contributed by atoms with E-state index in [2.05, 4.69) is 0 Å². The van der Waals surface area contributed by atoms with E-state index in [9.17, 15) is 35.1 Å². The van der Waals surface area contributed by atoms with Crippen LogP contribution in [-0.4, -0.2) is 20.6 Å². The van der Waals surface area contributed by atoms with E-state index in [1.165, 1.54) is 13.8 Å². The second-order valence-electron chi connectivity index (χ2n) is 3.48. The van der Waals surface area contributed by atoms with E-state index in [0.29, 0.717) is 12.1 Å². The smallest absolute Gasteiger partial charge is 0.300 e. The van der Waals surface area contributed by atoms with Gasteiger partial charge in [-0.25, -0.2) is 0 Å². The van der Waals surface area contributed by atoms with Gasteiger partial charge < -0.3 is 4.79 Å². The van der Waals surface area contributed by atoms with E-state index in [0.717, 1.165) is 0 Å². The molecule has 0 N–H and O–H groups in total. The highest BCUT2D eigenvalue weighted by molar-refractivity contribution is 6.34. The van der Waals surface area contributed by atoms with Crippen molar-refractivity contribution < 1.29 is 19.6 Å². The molecule has 0 aliphatic rings. The fraction of sp³-hybridized carbons (Fsp3) is 0.222. The van der Waals surface area contributed by atoms with Crippen LogP contribution >= 0.6 is 11.6 Å². The van der Waals surface area contributed by atoms with Crippen molar-refractivity contribution in [1.82, 2.24) is 0 Å². The monoisotopic (exact) mass is 305 g/mol. The molecule has 108 valence electrons. The van der Waals surface area contributed by atoms with Crippen LogP contribution in [0.25, 0.3) is 0 Å². The molecule has 0 radical (unpaired) electrons. The molecule has 1 aromatic rings. The molecule has 10 nitrogen and oxygen atoms in total. The Labute approximate surface area is 116 Å². The van der Waals surface area contributed by atoms with Crippen molar-refractivity contribution in [2.24, 2.45) is 0 Å². The molecule has 1 aromatic carbocycles. The molecule has 0 saturated carbocycles. The van der Waals surface area contributed by atoms with Gasteiger partial charge in [-0.2, -0.15) is 0 Å². The quantitative estimate of drug-likeness (QED) is 0.615. The molecular formula is C9H8ClN3O7. The molecule has 0 aliphatic heterocycles. The van der Waals surface area contributed by atoms with Gasteiger partial charge in [0.25, 0.3) is 5.69 Å². The average Bonchev–Trinajstić information content (AvgIpc) is 2.27. The summed E-state index contributed by atoms with van der Waals surface area (Å²) in [6.45, 7) is 3.06. The molecule has 0 amide bonds. The molecule has 0 aliphatic carbocycles. The SMILES string of the molecule is CC(C)=O.O=[N+]([O-])c1cc([N+](=O)[O-])c(Cl)c([N+](=O)[O-])c1. The molecule has 0 heterocycles. The largest absolute Gasteiger partial charge is 0.301 e. The summed E-state index contributed by atoms with van der Waals surface area (Å²) < 4.78 is 0. The molecule has 0 bridgehead atoms. The minimum absolute atomic E-state index is 0.167. The van der Waals surface area contributed by atoms with E-state index >= 15 is 0 Å². The first-order chi connectivity index (χ1) is 9.07. The lowest BCUT2D eigenvalue weighted by Crippen LogP contribution is -1.98. The Morgan fingerprint density at radius 2 is 1.25 bits per heavy atom. The fourth-order valence-electron chi connectivity index (χ4n) is 0.951. The number of carbonyl (C=O) groups is 1. The van der Waals surface area contributed by atoms with Crippen LogP contribution in [0.1, 0.15) is 13.8 Å². The first-order valence-corrected chi connectivity index (χ1v) is 5.19. The van der Waals surface area contributed by atoms with Crippen molar-refractivity contribution in [3.8, 4) is 0 Å². The Kier molecular flexibility index (Phi) is 6.16. The zero-order valence-electron chi connectivity index (χ0n) is 10.2. The van der Waals surface area contributed by atoms with Crippen molar-refractivity contribution in [3.05, 3.63) is 47.5 Å². The molecule has 0 unspecified atom stereocenters. The second-order valence-corrected chi connectivity index (χ2v) is 3.86. The van der Waals surface area contributed by atoms with Crippen LogP contribution in [0.3, 0.4) is 0 Å². The highest BCUT2D eigenvalue weighted by Crippen LogP contribution is 2.37. The second kappa shape index (κ2) is 7.09. The molecule has 0 atom stereocenters. The van der Waals surface area contributed by atoms with Crippen LogP contribution in [0.5, 0.6) is 0 Å². The van der Waals surface area contributed by atoms with Crippen LogP contribution < -0.4 is 0 Å². The number of carbonyl (C=O) groups excluding carboxylic acids is 1. The number of nitro groups is 3. The Bertz CT molecular complexity index is 548. The molecule has 20 heavy (non-hydrogen) atoms. The maximum Gasteiger partial charge on any atom is 0.301 e. The Morgan fingerprint density at radius 3 is 1.45 bits per heavy atom. The summed E-state index contributed by atoms with van der Waals surface area (Å²) in [6, 6.07) is 1.13. The molecule has 0 saturated heterocycles. The van der Waals surface area contributed by atoms with Crippen molar-refractivity contribution in [2.45, 2.75) is 13.8 Å². The normalized spacial score (nSPS) is 9.15. The minimum Gasteiger partial charge on any atom is -0.300 e. The number of Topliss-reactive ketones (excluding diaryl/α,β-unsaturated/α-hetero) is 1. The highest BCUT2D eigenvalue weighted by Gasteiger charge is 2.28. The first-order valence-electron chi connectivity index (χ1n) is 4.81. The van der Waals surface area contributed by atoms with Gasteiger partial charge in [-0.1, -0.05) is 11.6 Å². The third-order valence-corrected chi connectivity index (χ3v) is 2.01. The summed E-state index contributed by atoms with van der Waals surface area (Å²) in [5.74, 6) is 0.167. The number of ketones is 1. The van der Waals surface area contributed by atoms with Crippen molar-refractivity contribution in [2.75, 3.05) is 0 Å².